The number of halogens is 2. The predicted molar refractivity (Wildman–Crippen MR) is 168 cm³/mol. The average Bonchev–Trinajstić information content (AvgIpc) is 3.40. The van der Waals surface area contributed by atoms with E-state index in [4.69, 9.17) is 16.3 Å². The van der Waals surface area contributed by atoms with Gasteiger partial charge < -0.3 is 19.9 Å². The maximum absolute atomic E-state index is 14.6. The van der Waals surface area contributed by atoms with E-state index < -0.39 is 6.10 Å². The molecule has 43 heavy (non-hydrogen) atoms. The van der Waals surface area contributed by atoms with Gasteiger partial charge in [-0.1, -0.05) is 30.3 Å². The number of hydrogen-bond donors (Lipinski definition) is 2. The lowest BCUT2D eigenvalue weighted by atomic mass is 10.0. The maximum Gasteiger partial charge on any atom is 0.251 e. The van der Waals surface area contributed by atoms with E-state index in [9.17, 15) is 14.0 Å². The van der Waals surface area contributed by atoms with Crippen LogP contribution in [0.4, 0.5) is 4.39 Å². The molecule has 0 spiro atoms. The van der Waals surface area contributed by atoms with E-state index in [0.29, 0.717) is 61.0 Å². The molecule has 1 fully saturated rings. The molecule has 2 atom stereocenters. The highest BCUT2D eigenvalue weighted by Crippen LogP contribution is 2.27. The molecule has 0 aliphatic carbocycles. The number of aryl methyl sites for hydroxylation is 1. The monoisotopic (exact) mass is 602 g/mol. The second-order valence-corrected chi connectivity index (χ2v) is 11.4. The first kappa shape index (κ1) is 30.3. The number of aromatic amines is 1. The van der Waals surface area contributed by atoms with Crippen LogP contribution >= 0.6 is 11.6 Å². The number of nitrogens with one attached hydrogen (secondary N) is 2. The summed E-state index contributed by atoms with van der Waals surface area (Å²) in [6.45, 7) is 10.2. The molecular formula is C34H36ClFN4O3. The van der Waals surface area contributed by atoms with Crippen LogP contribution in [0.2, 0.25) is 5.02 Å². The Kier molecular flexibility index (Phi) is 9.48. The van der Waals surface area contributed by atoms with E-state index in [0.717, 1.165) is 22.0 Å². The van der Waals surface area contributed by atoms with Gasteiger partial charge in [-0.05, 0) is 91.6 Å². The van der Waals surface area contributed by atoms with Crippen molar-refractivity contribution in [2.75, 3.05) is 32.7 Å². The minimum Gasteiger partial charge on any atom is -0.484 e. The van der Waals surface area contributed by atoms with Gasteiger partial charge in [-0.2, -0.15) is 0 Å². The molecule has 0 radical (unpaired) electrons. The summed E-state index contributed by atoms with van der Waals surface area (Å²) in [7, 11) is 0. The Hall–Kier alpha value is -4.14. The van der Waals surface area contributed by atoms with E-state index in [-0.39, 0.29) is 23.7 Å². The lowest BCUT2D eigenvalue weighted by Crippen LogP contribution is -2.54. The summed E-state index contributed by atoms with van der Waals surface area (Å²) in [6.07, 6.45) is 3.50. The molecular weight excluding hydrogens is 567 g/mol. The lowest BCUT2D eigenvalue weighted by Gasteiger charge is -2.40. The van der Waals surface area contributed by atoms with Crippen LogP contribution < -0.4 is 10.1 Å². The number of amides is 2. The molecule has 1 aliphatic heterocycles. The van der Waals surface area contributed by atoms with E-state index in [1.54, 1.807) is 37.3 Å². The van der Waals surface area contributed by atoms with Gasteiger partial charge in [0.25, 0.3) is 5.91 Å². The molecule has 1 aromatic heterocycles. The van der Waals surface area contributed by atoms with E-state index in [1.807, 2.05) is 42.3 Å². The van der Waals surface area contributed by atoms with Crippen LogP contribution in [0, 0.1) is 12.7 Å². The smallest absolute Gasteiger partial charge is 0.251 e. The maximum atomic E-state index is 14.6. The molecule has 5 rings (SSSR count). The normalized spacial score (nSPS) is 16.2. The van der Waals surface area contributed by atoms with Crippen molar-refractivity contribution in [2.45, 2.75) is 32.4 Å². The summed E-state index contributed by atoms with van der Waals surface area (Å²) in [5, 5.41) is 4.70. The molecule has 3 aromatic carbocycles. The first-order chi connectivity index (χ1) is 20.7. The van der Waals surface area contributed by atoms with Crippen molar-refractivity contribution >= 4 is 34.3 Å². The predicted octanol–water partition coefficient (Wildman–Crippen LogP) is 6.08. The van der Waals surface area contributed by atoms with Crippen molar-refractivity contribution in [3.63, 3.8) is 0 Å². The Morgan fingerprint density at radius 1 is 1.16 bits per heavy atom. The van der Waals surface area contributed by atoms with Gasteiger partial charge in [0, 0.05) is 66.5 Å². The minimum atomic E-state index is -0.451. The standard InChI is InChI=1S/C34H36ClFN4O3/c1-4-33(41)40-16-15-39(20-23(40)3)21-32(25-6-5-22(2)30(36)17-25)43-28-10-7-24(8-11-28)34(42)37-14-13-26-19-38-31-12-9-27(35)18-29(26)31/h4-12,17-19,23,32,38H,1,13-16,20-21H2,2-3H3,(H,37,42)/t23-,32+/m1/s1. The number of fused-ring (bicyclic) bond motifs is 1. The van der Waals surface area contributed by atoms with Crippen LogP contribution in [0.1, 0.15) is 40.1 Å². The van der Waals surface area contributed by atoms with E-state index >= 15 is 0 Å². The minimum absolute atomic E-state index is 0.0150. The van der Waals surface area contributed by atoms with Gasteiger partial charge in [-0.15, -0.1) is 0 Å². The van der Waals surface area contributed by atoms with E-state index in [2.05, 4.69) is 21.8 Å². The van der Waals surface area contributed by atoms with E-state index in [1.165, 1.54) is 12.1 Å². The summed E-state index contributed by atoms with van der Waals surface area (Å²) < 4.78 is 20.9. The molecule has 1 saturated heterocycles. The molecule has 2 heterocycles. The number of carbonyl (C=O) groups excluding carboxylic acids is 2. The number of aromatic nitrogens is 1. The van der Waals surface area contributed by atoms with Crippen molar-refractivity contribution < 1.29 is 18.7 Å². The summed E-state index contributed by atoms with van der Waals surface area (Å²) in [4.78, 5) is 32.3. The fourth-order valence-corrected chi connectivity index (χ4v) is 5.69. The number of ether oxygens (including phenoxy) is 1. The number of rotatable bonds is 10. The summed E-state index contributed by atoms with van der Waals surface area (Å²) in [6, 6.07) is 17.9. The molecule has 4 aromatic rings. The first-order valence-electron chi connectivity index (χ1n) is 14.4. The zero-order valence-corrected chi connectivity index (χ0v) is 25.2. The topological polar surface area (TPSA) is 77.7 Å². The Bertz CT molecular complexity index is 1620. The highest BCUT2D eigenvalue weighted by atomic mass is 35.5. The lowest BCUT2D eigenvalue weighted by molar-refractivity contribution is -0.130. The van der Waals surface area contributed by atoms with Crippen LogP contribution in [-0.2, 0) is 11.2 Å². The van der Waals surface area contributed by atoms with Crippen molar-refractivity contribution in [1.29, 1.82) is 0 Å². The zero-order chi connectivity index (χ0) is 30.5. The molecule has 0 unspecified atom stereocenters. The number of carbonyl (C=O) groups is 2. The van der Waals surface area contributed by atoms with Crippen LogP contribution in [0.15, 0.2) is 79.5 Å². The molecule has 0 saturated carbocycles. The van der Waals surface area contributed by atoms with Gasteiger partial charge in [0.1, 0.15) is 17.7 Å². The van der Waals surface area contributed by atoms with Crippen molar-refractivity contribution in [1.82, 2.24) is 20.1 Å². The summed E-state index contributed by atoms with van der Waals surface area (Å²) in [5.41, 5.74) is 3.90. The third-order valence-electron chi connectivity index (χ3n) is 7.97. The molecule has 0 bridgehead atoms. The Labute approximate surface area is 256 Å². The largest absolute Gasteiger partial charge is 0.484 e. The average molecular weight is 603 g/mol. The number of benzene rings is 3. The second kappa shape index (κ2) is 13.4. The van der Waals surface area contributed by atoms with Gasteiger partial charge >= 0.3 is 0 Å². The van der Waals surface area contributed by atoms with Crippen LogP contribution in [0.3, 0.4) is 0 Å². The third-order valence-corrected chi connectivity index (χ3v) is 8.20. The van der Waals surface area contributed by atoms with Crippen LogP contribution in [0.25, 0.3) is 10.9 Å². The van der Waals surface area contributed by atoms with Gasteiger partial charge in [0.2, 0.25) is 5.91 Å². The molecule has 2 amide bonds. The van der Waals surface area contributed by atoms with Gasteiger partial charge in [0.15, 0.2) is 0 Å². The number of H-pyrrole nitrogens is 1. The van der Waals surface area contributed by atoms with Crippen molar-refractivity contribution in [2.24, 2.45) is 0 Å². The van der Waals surface area contributed by atoms with Crippen molar-refractivity contribution in [3.8, 4) is 5.75 Å². The SMILES string of the molecule is C=CC(=O)N1CCN(C[C@H](Oc2ccc(C(=O)NCCc3c[nH]c4ccc(Cl)cc34)cc2)c2ccc(C)c(F)c2)C[C@H]1C. The molecule has 7 nitrogen and oxygen atoms in total. The van der Waals surface area contributed by atoms with Crippen LogP contribution in [-0.4, -0.2) is 65.4 Å². The Morgan fingerprint density at radius 3 is 2.67 bits per heavy atom. The molecule has 2 N–H and O–H groups in total. The molecule has 224 valence electrons. The molecule has 9 heteroatoms. The Morgan fingerprint density at radius 2 is 1.95 bits per heavy atom. The van der Waals surface area contributed by atoms with Gasteiger partial charge in [0.05, 0.1) is 0 Å². The fourth-order valence-electron chi connectivity index (χ4n) is 5.52. The summed E-state index contributed by atoms with van der Waals surface area (Å²) in [5.74, 6) is 0.0328. The zero-order valence-electron chi connectivity index (χ0n) is 24.4. The number of hydrogen-bond acceptors (Lipinski definition) is 4. The molecule has 1 aliphatic rings. The number of nitrogens with zero attached hydrogens (tertiary/aromatic N) is 2. The van der Waals surface area contributed by atoms with Gasteiger partial charge in [-0.25, -0.2) is 4.39 Å². The second-order valence-electron chi connectivity index (χ2n) is 11.0. The summed E-state index contributed by atoms with van der Waals surface area (Å²) >= 11 is 6.15. The highest BCUT2D eigenvalue weighted by Gasteiger charge is 2.28. The number of piperazine rings is 1. The Balaban J connectivity index is 1.22. The highest BCUT2D eigenvalue weighted by molar-refractivity contribution is 6.31. The van der Waals surface area contributed by atoms with Gasteiger partial charge in [-0.3, -0.25) is 14.5 Å². The first-order valence-corrected chi connectivity index (χ1v) is 14.8. The quantitative estimate of drug-likeness (QED) is 0.216. The van der Waals surface area contributed by atoms with Crippen molar-refractivity contribution in [3.05, 3.63) is 113 Å². The third kappa shape index (κ3) is 7.27. The fraction of sp³-hybridized carbons (Fsp3) is 0.294. The van der Waals surface area contributed by atoms with Crippen LogP contribution in [0.5, 0.6) is 5.75 Å².